The van der Waals surface area contributed by atoms with Gasteiger partial charge in [-0.2, -0.15) is 0 Å². The highest BCUT2D eigenvalue weighted by Crippen LogP contribution is 2.22. The zero-order valence-electron chi connectivity index (χ0n) is 13.4. The van der Waals surface area contributed by atoms with Gasteiger partial charge in [0.15, 0.2) is 0 Å². The van der Waals surface area contributed by atoms with Crippen LogP contribution in [0.2, 0.25) is 5.02 Å². The molecule has 2 aromatic carbocycles. The van der Waals surface area contributed by atoms with Gasteiger partial charge in [-0.25, -0.2) is 9.59 Å². The minimum atomic E-state index is -1.07. The summed E-state index contributed by atoms with van der Waals surface area (Å²) in [6.07, 6.45) is 3.62. The molecule has 0 radical (unpaired) electrons. The summed E-state index contributed by atoms with van der Waals surface area (Å²) < 4.78 is 5.09. The lowest BCUT2D eigenvalue weighted by molar-refractivity contribution is 0.0697. The molecule has 0 fully saturated rings. The largest absolute Gasteiger partial charge is 0.478 e. The Morgan fingerprint density at radius 3 is 2.60 bits per heavy atom. The predicted octanol–water partition coefficient (Wildman–Crippen LogP) is 4.37. The third-order valence-electron chi connectivity index (χ3n) is 3.35. The first-order valence-corrected chi connectivity index (χ1v) is 8.08. The summed E-state index contributed by atoms with van der Waals surface area (Å²) in [5.41, 5.74) is 1.60. The number of halogens is 1. The van der Waals surface area contributed by atoms with Gasteiger partial charge in [-0.15, -0.1) is 0 Å². The van der Waals surface area contributed by atoms with E-state index in [-0.39, 0.29) is 17.2 Å². The van der Waals surface area contributed by atoms with Crippen LogP contribution in [0.4, 0.5) is 4.79 Å². The number of aromatic carboxylic acids is 1. The molecule has 0 spiro atoms. The Balaban J connectivity index is 1.74. The number of carbonyl (C=O) groups is 2. The summed E-state index contributed by atoms with van der Waals surface area (Å²) in [5.74, 6) is -1.07. The first-order valence-electron chi connectivity index (χ1n) is 7.71. The predicted molar refractivity (Wildman–Crippen MR) is 96.7 cm³/mol. The summed E-state index contributed by atoms with van der Waals surface area (Å²) >= 11 is 6.04. The summed E-state index contributed by atoms with van der Waals surface area (Å²) in [5, 5.41) is 11.9. The van der Waals surface area contributed by atoms with Crippen molar-refractivity contribution in [2.45, 2.75) is 13.0 Å². The maximum Gasteiger partial charge on any atom is 0.407 e. The van der Waals surface area contributed by atoms with Gasteiger partial charge in [0.05, 0.1) is 10.6 Å². The number of hydrogen-bond donors (Lipinski definition) is 2. The number of benzene rings is 2. The molecule has 0 aliphatic heterocycles. The van der Waals surface area contributed by atoms with E-state index >= 15 is 0 Å². The Hall–Kier alpha value is -2.79. The van der Waals surface area contributed by atoms with Crippen LogP contribution in [0.5, 0.6) is 0 Å². The number of carbonyl (C=O) groups excluding carboxylic acids is 1. The van der Waals surface area contributed by atoms with Gasteiger partial charge in [0.2, 0.25) is 0 Å². The zero-order valence-corrected chi connectivity index (χ0v) is 14.2. The fourth-order valence-corrected chi connectivity index (χ4v) is 2.36. The number of carboxylic acids is 1. The van der Waals surface area contributed by atoms with Crippen LogP contribution in [0, 0.1) is 0 Å². The van der Waals surface area contributed by atoms with E-state index < -0.39 is 12.1 Å². The molecule has 0 bridgehead atoms. The molecular formula is C19H18ClNO4. The van der Waals surface area contributed by atoms with Crippen LogP contribution in [0.15, 0.2) is 54.6 Å². The molecule has 0 heterocycles. The molecule has 6 heteroatoms. The minimum Gasteiger partial charge on any atom is -0.478 e. The number of nitrogens with one attached hydrogen (secondary N) is 1. The van der Waals surface area contributed by atoms with E-state index in [2.05, 4.69) is 5.32 Å². The molecule has 2 rings (SSSR count). The third-order valence-corrected chi connectivity index (χ3v) is 3.77. The Kier molecular flexibility index (Phi) is 7.04. The number of carboxylic acid groups (broad SMARTS) is 1. The van der Waals surface area contributed by atoms with E-state index in [1.165, 1.54) is 6.07 Å². The first kappa shape index (κ1) is 18.5. The fraction of sp³-hybridized carbons (Fsp3) is 0.158. The van der Waals surface area contributed by atoms with Crippen LogP contribution in [0.1, 0.15) is 27.9 Å². The molecular weight excluding hydrogens is 342 g/mol. The molecule has 2 N–H and O–H groups in total. The number of alkyl carbamates (subject to hydrolysis) is 1. The van der Waals surface area contributed by atoms with E-state index in [4.69, 9.17) is 21.4 Å². The van der Waals surface area contributed by atoms with Gasteiger partial charge >= 0.3 is 12.1 Å². The molecule has 0 saturated heterocycles. The Morgan fingerprint density at radius 2 is 1.88 bits per heavy atom. The number of ether oxygens (including phenoxy) is 1. The molecule has 0 atom stereocenters. The molecule has 0 unspecified atom stereocenters. The Bertz CT molecular complexity index is 759. The van der Waals surface area contributed by atoms with Crippen LogP contribution in [-0.2, 0) is 11.3 Å². The second kappa shape index (κ2) is 9.49. The van der Waals surface area contributed by atoms with Crippen molar-refractivity contribution in [1.29, 1.82) is 0 Å². The van der Waals surface area contributed by atoms with Gasteiger partial charge in [-0.1, -0.05) is 66.2 Å². The molecule has 5 nitrogen and oxygen atoms in total. The molecule has 0 aliphatic carbocycles. The maximum absolute atomic E-state index is 11.6. The van der Waals surface area contributed by atoms with Crippen molar-refractivity contribution in [3.05, 3.63) is 76.3 Å². The van der Waals surface area contributed by atoms with E-state index in [9.17, 15) is 9.59 Å². The van der Waals surface area contributed by atoms with Gasteiger partial charge in [0, 0.05) is 6.54 Å². The average Bonchev–Trinajstić information content (AvgIpc) is 2.61. The average molecular weight is 360 g/mol. The van der Waals surface area contributed by atoms with Crippen molar-refractivity contribution in [2.75, 3.05) is 6.54 Å². The second-order valence-corrected chi connectivity index (χ2v) is 5.57. The highest BCUT2D eigenvalue weighted by molar-refractivity contribution is 6.34. The van der Waals surface area contributed by atoms with Crippen LogP contribution in [0.3, 0.4) is 0 Å². The Labute approximate surface area is 150 Å². The van der Waals surface area contributed by atoms with Crippen LogP contribution < -0.4 is 5.32 Å². The lowest BCUT2D eigenvalue weighted by atomic mass is 10.1. The summed E-state index contributed by atoms with van der Waals surface area (Å²) in [4.78, 5) is 22.6. The van der Waals surface area contributed by atoms with Crippen molar-refractivity contribution in [2.24, 2.45) is 0 Å². The second-order valence-electron chi connectivity index (χ2n) is 5.19. The first-order chi connectivity index (χ1) is 12.1. The lowest BCUT2D eigenvalue weighted by Crippen LogP contribution is -2.24. The molecule has 0 saturated carbocycles. The topological polar surface area (TPSA) is 75.6 Å². The van der Waals surface area contributed by atoms with Crippen LogP contribution in [0.25, 0.3) is 6.08 Å². The van der Waals surface area contributed by atoms with E-state index in [0.29, 0.717) is 18.5 Å². The molecule has 130 valence electrons. The van der Waals surface area contributed by atoms with Gasteiger partial charge < -0.3 is 15.2 Å². The monoisotopic (exact) mass is 359 g/mol. The van der Waals surface area contributed by atoms with Crippen molar-refractivity contribution < 1.29 is 19.4 Å². The standard InChI is InChI=1S/C19H18ClNO4/c20-17-15(10-6-11-16(17)18(22)23)9-4-5-12-21-19(24)25-13-14-7-2-1-3-8-14/h1-4,6-11H,5,12-13H2,(H,21,24)(H,22,23). The van der Waals surface area contributed by atoms with E-state index in [1.54, 1.807) is 18.2 Å². The molecule has 25 heavy (non-hydrogen) atoms. The molecule has 0 aliphatic rings. The summed E-state index contributed by atoms with van der Waals surface area (Å²) in [7, 11) is 0. The van der Waals surface area contributed by atoms with Crippen molar-refractivity contribution in [1.82, 2.24) is 5.32 Å². The fourth-order valence-electron chi connectivity index (χ4n) is 2.09. The van der Waals surface area contributed by atoms with Crippen LogP contribution in [-0.4, -0.2) is 23.7 Å². The number of hydrogen-bond acceptors (Lipinski definition) is 3. The number of amides is 1. The number of rotatable bonds is 7. The minimum absolute atomic E-state index is 0.0615. The quantitative estimate of drug-likeness (QED) is 0.720. The summed E-state index contributed by atoms with van der Waals surface area (Å²) in [6, 6.07) is 14.2. The van der Waals surface area contributed by atoms with E-state index in [0.717, 1.165) is 5.56 Å². The molecule has 1 amide bonds. The zero-order chi connectivity index (χ0) is 18.1. The van der Waals surface area contributed by atoms with Gasteiger partial charge in [-0.05, 0) is 23.6 Å². The van der Waals surface area contributed by atoms with Crippen molar-refractivity contribution in [3.8, 4) is 0 Å². The van der Waals surface area contributed by atoms with Gasteiger partial charge in [0.1, 0.15) is 6.61 Å². The SMILES string of the molecule is O=C(NCCC=Cc1cccc(C(=O)O)c1Cl)OCc1ccccc1. The van der Waals surface area contributed by atoms with Crippen LogP contribution >= 0.6 is 11.6 Å². The van der Waals surface area contributed by atoms with Gasteiger partial charge in [-0.3, -0.25) is 0 Å². The van der Waals surface area contributed by atoms with Gasteiger partial charge in [0.25, 0.3) is 0 Å². The molecule has 2 aromatic rings. The highest BCUT2D eigenvalue weighted by atomic mass is 35.5. The normalized spacial score (nSPS) is 10.6. The van der Waals surface area contributed by atoms with Crippen molar-refractivity contribution >= 4 is 29.7 Å². The highest BCUT2D eigenvalue weighted by Gasteiger charge is 2.10. The van der Waals surface area contributed by atoms with Crippen molar-refractivity contribution in [3.63, 3.8) is 0 Å². The molecule has 0 aromatic heterocycles. The maximum atomic E-state index is 11.6. The third kappa shape index (κ3) is 5.97. The smallest absolute Gasteiger partial charge is 0.407 e. The summed E-state index contributed by atoms with van der Waals surface area (Å²) in [6.45, 7) is 0.625. The van der Waals surface area contributed by atoms with E-state index in [1.807, 2.05) is 36.4 Å². The lowest BCUT2D eigenvalue weighted by Gasteiger charge is -2.06. The Morgan fingerprint density at radius 1 is 1.12 bits per heavy atom.